The lowest BCUT2D eigenvalue weighted by Gasteiger charge is -2.34. The Bertz CT molecular complexity index is 710. The summed E-state index contributed by atoms with van der Waals surface area (Å²) in [5, 5.41) is 0. The molecule has 0 unspecified atom stereocenters. The van der Waals surface area contributed by atoms with Gasteiger partial charge >= 0.3 is 0 Å². The highest BCUT2D eigenvalue weighted by Gasteiger charge is 2.21. The number of amides is 1. The molecular formula is C18H20N4O2. The molecule has 1 aromatic heterocycles. The SMILES string of the molecule is COc1ccccc1C=CC(=O)N1CCN(c2ncccn2)CC1. The fourth-order valence-corrected chi connectivity index (χ4v) is 2.65. The van der Waals surface area contributed by atoms with Crippen molar-refractivity contribution in [2.75, 3.05) is 38.2 Å². The van der Waals surface area contributed by atoms with E-state index in [2.05, 4.69) is 14.9 Å². The lowest BCUT2D eigenvalue weighted by Crippen LogP contribution is -2.48. The maximum Gasteiger partial charge on any atom is 0.246 e. The Morgan fingerprint density at radius 1 is 1.08 bits per heavy atom. The molecule has 1 fully saturated rings. The third-order valence-electron chi connectivity index (χ3n) is 3.97. The Hall–Kier alpha value is -2.89. The first-order valence-corrected chi connectivity index (χ1v) is 7.90. The third-order valence-corrected chi connectivity index (χ3v) is 3.97. The van der Waals surface area contributed by atoms with Crippen molar-refractivity contribution in [2.45, 2.75) is 0 Å². The van der Waals surface area contributed by atoms with Gasteiger partial charge in [-0.05, 0) is 18.2 Å². The largest absolute Gasteiger partial charge is 0.496 e. The minimum atomic E-state index is 0.00883. The molecule has 0 bridgehead atoms. The summed E-state index contributed by atoms with van der Waals surface area (Å²) in [7, 11) is 1.62. The normalized spacial score (nSPS) is 14.9. The molecule has 0 saturated carbocycles. The molecular weight excluding hydrogens is 304 g/mol. The van der Waals surface area contributed by atoms with Crippen molar-refractivity contribution in [3.05, 3.63) is 54.4 Å². The number of nitrogens with zero attached hydrogens (tertiary/aromatic N) is 4. The summed E-state index contributed by atoms with van der Waals surface area (Å²) in [5.74, 6) is 1.48. The molecule has 1 saturated heterocycles. The maximum absolute atomic E-state index is 12.4. The molecule has 24 heavy (non-hydrogen) atoms. The Labute approximate surface area is 141 Å². The van der Waals surface area contributed by atoms with Crippen LogP contribution >= 0.6 is 0 Å². The van der Waals surface area contributed by atoms with Crippen molar-refractivity contribution in [1.29, 1.82) is 0 Å². The van der Waals surface area contributed by atoms with Crippen molar-refractivity contribution >= 4 is 17.9 Å². The number of benzene rings is 1. The second-order valence-electron chi connectivity index (χ2n) is 5.44. The number of ether oxygens (including phenoxy) is 1. The van der Waals surface area contributed by atoms with Gasteiger partial charge in [-0.3, -0.25) is 4.79 Å². The summed E-state index contributed by atoms with van der Waals surface area (Å²) in [6.45, 7) is 2.79. The molecule has 3 rings (SSSR count). The van der Waals surface area contributed by atoms with E-state index in [-0.39, 0.29) is 5.91 Å². The van der Waals surface area contributed by atoms with Crippen molar-refractivity contribution in [3.8, 4) is 5.75 Å². The number of para-hydroxylation sites is 1. The van der Waals surface area contributed by atoms with Gasteiger partial charge in [-0.15, -0.1) is 0 Å². The smallest absolute Gasteiger partial charge is 0.246 e. The highest BCUT2D eigenvalue weighted by molar-refractivity contribution is 5.92. The number of aromatic nitrogens is 2. The summed E-state index contributed by atoms with van der Waals surface area (Å²) >= 11 is 0. The average Bonchev–Trinajstić information content (AvgIpc) is 2.67. The monoisotopic (exact) mass is 324 g/mol. The summed E-state index contributed by atoms with van der Waals surface area (Å²) in [6.07, 6.45) is 6.87. The van der Waals surface area contributed by atoms with E-state index in [9.17, 15) is 4.79 Å². The van der Waals surface area contributed by atoms with Gasteiger partial charge < -0.3 is 14.5 Å². The minimum Gasteiger partial charge on any atom is -0.496 e. The highest BCUT2D eigenvalue weighted by atomic mass is 16.5. The van der Waals surface area contributed by atoms with Gasteiger partial charge in [-0.1, -0.05) is 18.2 Å². The average molecular weight is 324 g/mol. The molecule has 0 spiro atoms. The highest BCUT2D eigenvalue weighted by Crippen LogP contribution is 2.19. The van der Waals surface area contributed by atoms with E-state index in [4.69, 9.17) is 4.74 Å². The van der Waals surface area contributed by atoms with Gasteiger partial charge in [0.05, 0.1) is 7.11 Å². The van der Waals surface area contributed by atoms with Gasteiger partial charge in [0.2, 0.25) is 11.9 Å². The second-order valence-corrected chi connectivity index (χ2v) is 5.44. The molecule has 0 N–H and O–H groups in total. The van der Waals surface area contributed by atoms with Crippen molar-refractivity contribution in [1.82, 2.24) is 14.9 Å². The summed E-state index contributed by atoms with van der Waals surface area (Å²) in [5.41, 5.74) is 0.893. The van der Waals surface area contributed by atoms with E-state index in [1.807, 2.05) is 29.2 Å². The molecule has 0 aliphatic carbocycles. The van der Waals surface area contributed by atoms with Crippen LogP contribution in [-0.4, -0.2) is 54.1 Å². The van der Waals surface area contributed by atoms with Crippen molar-refractivity contribution in [2.24, 2.45) is 0 Å². The number of rotatable bonds is 4. The molecule has 2 heterocycles. The second kappa shape index (κ2) is 7.59. The molecule has 6 nitrogen and oxygen atoms in total. The van der Waals surface area contributed by atoms with Crippen molar-refractivity contribution in [3.63, 3.8) is 0 Å². The van der Waals surface area contributed by atoms with Crippen LogP contribution in [0.2, 0.25) is 0 Å². The Kier molecular flexibility index (Phi) is 5.05. The fraction of sp³-hybridized carbons (Fsp3) is 0.278. The van der Waals surface area contributed by atoms with Crippen LogP contribution in [0, 0.1) is 0 Å². The molecule has 0 radical (unpaired) electrons. The lowest BCUT2D eigenvalue weighted by atomic mass is 10.2. The first kappa shape index (κ1) is 16.0. The van der Waals surface area contributed by atoms with Crippen LogP contribution in [0.15, 0.2) is 48.8 Å². The molecule has 1 amide bonds. The summed E-state index contributed by atoms with van der Waals surface area (Å²) in [4.78, 5) is 24.8. The third kappa shape index (κ3) is 3.71. The topological polar surface area (TPSA) is 58.6 Å². The zero-order valence-electron chi connectivity index (χ0n) is 13.6. The fourth-order valence-electron chi connectivity index (χ4n) is 2.65. The van der Waals surface area contributed by atoms with Crippen LogP contribution < -0.4 is 9.64 Å². The van der Waals surface area contributed by atoms with Crippen LogP contribution in [0.3, 0.4) is 0 Å². The molecule has 1 aliphatic heterocycles. The molecule has 6 heteroatoms. The van der Waals surface area contributed by atoms with Crippen LogP contribution in [0.5, 0.6) is 5.75 Å². The number of anilines is 1. The Morgan fingerprint density at radius 3 is 2.50 bits per heavy atom. The van der Waals surface area contributed by atoms with Gasteiger partial charge in [0.1, 0.15) is 5.75 Å². The van der Waals surface area contributed by atoms with E-state index in [0.717, 1.165) is 24.4 Å². The Balaban J connectivity index is 1.58. The minimum absolute atomic E-state index is 0.00883. The number of piperazine rings is 1. The van der Waals surface area contributed by atoms with Crippen molar-refractivity contribution < 1.29 is 9.53 Å². The maximum atomic E-state index is 12.4. The van der Waals surface area contributed by atoms with Crippen LogP contribution in [0.4, 0.5) is 5.95 Å². The molecule has 1 aliphatic rings. The molecule has 1 aromatic carbocycles. The molecule has 124 valence electrons. The zero-order valence-corrected chi connectivity index (χ0v) is 13.6. The number of carbonyl (C=O) groups excluding carboxylic acids is 1. The number of methoxy groups -OCH3 is 1. The molecule has 2 aromatic rings. The predicted octanol–water partition coefficient (Wildman–Crippen LogP) is 1.85. The van der Waals surface area contributed by atoms with Crippen LogP contribution in [-0.2, 0) is 4.79 Å². The first-order chi connectivity index (χ1) is 11.8. The van der Waals surface area contributed by atoms with Crippen LogP contribution in [0.1, 0.15) is 5.56 Å². The summed E-state index contributed by atoms with van der Waals surface area (Å²) in [6, 6.07) is 9.43. The standard InChI is InChI=1S/C18H20N4O2/c1-24-16-6-3-2-5-15(16)7-8-17(23)21-11-13-22(14-12-21)18-19-9-4-10-20-18/h2-10H,11-14H2,1H3. The van der Waals surface area contributed by atoms with Gasteiger partial charge in [-0.25, -0.2) is 9.97 Å². The molecule has 0 atom stereocenters. The van der Waals surface area contributed by atoms with Gasteiger partial charge in [-0.2, -0.15) is 0 Å². The van der Waals surface area contributed by atoms with Gasteiger partial charge in [0.15, 0.2) is 0 Å². The van der Waals surface area contributed by atoms with Gasteiger partial charge in [0, 0.05) is 50.2 Å². The van der Waals surface area contributed by atoms with E-state index >= 15 is 0 Å². The Morgan fingerprint density at radius 2 is 1.79 bits per heavy atom. The van der Waals surface area contributed by atoms with Crippen LogP contribution in [0.25, 0.3) is 6.08 Å². The quantitative estimate of drug-likeness (QED) is 0.803. The van der Waals surface area contributed by atoms with Gasteiger partial charge in [0.25, 0.3) is 0 Å². The number of carbonyl (C=O) groups is 1. The van der Waals surface area contributed by atoms with E-state index < -0.39 is 0 Å². The first-order valence-electron chi connectivity index (χ1n) is 7.90. The van der Waals surface area contributed by atoms with E-state index in [0.29, 0.717) is 19.0 Å². The zero-order chi connectivity index (χ0) is 16.8. The predicted molar refractivity (Wildman–Crippen MR) is 92.9 cm³/mol. The lowest BCUT2D eigenvalue weighted by molar-refractivity contribution is -0.126. The van der Waals surface area contributed by atoms with E-state index in [1.54, 1.807) is 37.7 Å². The number of hydrogen-bond acceptors (Lipinski definition) is 5. The number of hydrogen-bond donors (Lipinski definition) is 0. The summed E-state index contributed by atoms with van der Waals surface area (Å²) < 4.78 is 5.29. The van der Waals surface area contributed by atoms with E-state index in [1.165, 1.54) is 0 Å².